The molecule has 3 aliphatic rings. The molecule has 94 valence electrons. The summed E-state index contributed by atoms with van der Waals surface area (Å²) in [5, 5.41) is 0. The maximum absolute atomic E-state index is 5.86. The molecule has 3 heteroatoms. The Morgan fingerprint density at radius 2 is 1.59 bits per heavy atom. The van der Waals surface area contributed by atoms with Gasteiger partial charge in [-0.3, -0.25) is 4.90 Å². The predicted octanol–water partition coefficient (Wildman–Crippen LogP) is 1.42. The molecule has 0 aromatic carbocycles. The number of epoxide rings is 2. The van der Waals surface area contributed by atoms with Crippen LogP contribution in [-0.2, 0) is 9.47 Å². The van der Waals surface area contributed by atoms with Gasteiger partial charge in [0.15, 0.2) is 0 Å². The smallest absolute Gasteiger partial charge is 0.0937 e. The first-order valence-electron chi connectivity index (χ1n) is 6.78. The molecule has 0 amide bonds. The molecule has 17 heavy (non-hydrogen) atoms. The zero-order chi connectivity index (χ0) is 11.7. The Balaban J connectivity index is 1.70. The summed E-state index contributed by atoms with van der Waals surface area (Å²) in [5.74, 6) is 3.10. The van der Waals surface area contributed by atoms with Crippen molar-refractivity contribution in [3.8, 4) is 12.3 Å². The number of rotatable bonds is 5. The first-order chi connectivity index (χ1) is 8.32. The van der Waals surface area contributed by atoms with Crippen LogP contribution in [0.1, 0.15) is 32.1 Å². The molecule has 0 N–H and O–H groups in total. The van der Waals surface area contributed by atoms with E-state index in [0.29, 0.717) is 12.2 Å². The van der Waals surface area contributed by atoms with Crippen LogP contribution in [0.5, 0.6) is 0 Å². The van der Waals surface area contributed by atoms with E-state index in [1.54, 1.807) is 0 Å². The maximum Gasteiger partial charge on any atom is 0.0937 e. The Morgan fingerprint density at radius 1 is 1.06 bits per heavy atom. The van der Waals surface area contributed by atoms with E-state index < -0.39 is 0 Å². The zero-order valence-corrected chi connectivity index (χ0v) is 10.4. The molecule has 3 fully saturated rings. The van der Waals surface area contributed by atoms with Crippen LogP contribution < -0.4 is 0 Å². The van der Waals surface area contributed by atoms with Crippen molar-refractivity contribution in [3.05, 3.63) is 0 Å². The summed E-state index contributed by atoms with van der Waals surface area (Å²) in [6.45, 7) is 3.79. The fourth-order valence-corrected chi connectivity index (χ4v) is 2.95. The summed E-state index contributed by atoms with van der Waals surface area (Å²) < 4.78 is 10.7. The molecule has 2 saturated heterocycles. The van der Waals surface area contributed by atoms with Crippen molar-refractivity contribution in [3.63, 3.8) is 0 Å². The summed E-state index contributed by atoms with van der Waals surface area (Å²) in [5.41, 5.74) is -0.0177. The highest BCUT2D eigenvalue weighted by Gasteiger charge is 2.42. The molecule has 0 bridgehead atoms. The van der Waals surface area contributed by atoms with Gasteiger partial charge in [0, 0.05) is 13.1 Å². The second kappa shape index (κ2) is 4.61. The lowest BCUT2D eigenvalue weighted by Crippen LogP contribution is -2.52. The topological polar surface area (TPSA) is 28.3 Å². The molecule has 2 aliphatic heterocycles. The average molecular weight is 235 g/mol. The van der Waals surface area contributed by atoms with Crippen LogP contribution in [0.3, 0.4) is 0 Å². The van der Waals surface area contributed by atoms with E-state index >= 15 is 0 Å². The quantitative estimate of drug-likeness (QED) is 0.533. The van der Waals surface area contributed by atoms with Gasteiger partial charge in [0.2, 0.25) is 0 Å². The minimum absolute atomic E-state index is 0.0177. The lowest BCUT2D eigenvalue weighted by Gasteiger charge is -2.42. The number of terminal acetylenes is 1. The van der Waals surface area contributed by atoms with Gasteiger partial charge in [0.1, 0.15) is 0 Å². The normalized spacial score (nSPS) is 34.4. The Labute approximate surface area is 103 Å². The molecule has 3 rings (SSSR count). The Morgan fingerprint density at radius 3 is 2.00 bits per heavy atom. The van der Waals surface area contributed by atoms with Gasteiger partial charge >= 0.3 is 0 Å². The van der Waals surface area contributed by atoms with Crippen molar-refractivity contribution in [2.24, 2.45) is 0 Å². The van der Waals surface area contributed by atoms with Crippen LogP contribution in [-0.4, -0.2) is 49.0 Å². The molecule has 2 atom stereocenters. The van der Waals surface area contributed by atoms with Crippen molar-refractivity contribution in [2.75, 3.05) is 26.3 Å². The van der Waals surface area contributed by atoms with Gasteiger partial charge in [-0.1, -0.05) is 25.2 Å². The Bertz CT molecular complexity index is 295. The van der Waals surface area contributed by atoms with E-state index in [0.717, 1.165) is 39.1 Å². The number of ether oxygens (including phenoxy) is 2. The highest BCUT2D eigenvalue weighted by Crippen LogP contribution is 2.35. The van der Waals surface area contributed by atoms with Crippen LogP contribution in [0.25, 0.3) is 0 Å². The highest BCUT2D eigenvalue weighted by atomic mass is 16.6. The lowest BCUT2D eigenvalue weighted by molar-refractivity contribution is 0.0827. The molecule has 0 aromatic rings. The van der Waals surface area contributed by atoms with Crippen molar-refractivity contribution >= 4 is 0 Å². The number of hydrogen-bond donors (Lipinski definition) is 0. The lowest BCUT2D eigenvalue weighted by atomic mass is 9.80. The average Bonchev–Trinajstić information content (AvgIpc) is 3.24. The van der Waals surface area contributed by atoms with Crippen LogP contribution in [0.15, 0.2) is 0 Å². The summed E-state index contributed by atoms with van der Waals surface area (Å²) >= 11 is 0. The predicted molar refractivity (Wildman–Crippen MR) is 65.7 cm³/mol. The van der Waals surface area contributed by atoms with Gasteiger partial charge in [-0.15, -0.1) is 6.42 Å². The molecule has 3 nitrogen and oxygen atoms in total. The van der Waals surface area contributed by atoms with E-state index in [2.05, 4.69) is 10.8 Å². The molecule has 0 aromatic heterocycles. The van der Waals surface area contributed by atoms with Gasteiger partial charge < -0.3 is 9.47 Å². The standard InChI is InChI=1S/C14H21NO2/c1-2-14(6-4-3-5-7-14)15(8-12-10-16-12)9-13-11-17-13/h1,12-13H,3-11H2. The molecular weight excluding hydrogens is 214 g/mol. The van der Waals surface area contributed by atoms with Gasteiger partial charge in [-0.2, -0.15) is 0 Å². The number of hydrogen-bond acceptors (Lipinski definition) is 3. The summed E-state index contributed by atoms with van der Waals surface area (Å²) in [6.07, 6.45) is 12.8. The largest absolute Gasteiger partial charge is 0.372 e. The third-order valence-electron chi connectivity index (χ3n) is 4.21. The monoisotopic (exact) mass is 235 g/mol. The van der Waals surface area contributed by atoms with Gasteiger partial charge in [0.25, 0.3) is 0 Å². The second-order valence-electron chi connectivity index (χ2n) is 5.55. The van der Waals surface area contributed by atoms with E-state index in [-0.39, 0.29) is 5.54 Å². The van der Waals surface area contributed by atoms with Crippen LogP contribution in [0.2, 0.25) is 0 Å². The molecular formula is C14H21NO2. The van der Waals surface area contributed by atoms with E-state index in [1.807, 2.05) is 0 Å². The second-order valence-corrected chi connectivity index (χ2v) is 5.55. The molecule has 0 radical (unpaired) electrons. The van der Waals surface area contributed by atoms with E-state index in [9.17, 15) is 0 Å². The third kappa shape index (κ3) is 2.65. The minimum Gasteiger partial charge on any atom is -0.372 e. The molecule has 2 unspecified atom stereocenters. The van der Waals surface area contributed by atoms with Crippen molar-refractivity contribution < 1.29 is 9.47 Å². The fourth-order valence-electron chi connectivity index (χ4n) is 2.95. The highest BCUT2D eigenvalue weighted by molar-refractivity contribution is 5.16. The first kappa shape index (κ1) is 11.5. The van der Waals surface area contributed by atoms with Crippen LogP contribution in [0, 0.1) is 12.3 Å². The van der Waals surface area contributed by atoms with Gasteiger partial charge in [-0.25, -0.2) is 0 Å². The summed E-state index contributed by atoms with van der Waals surface area (Å²) in [7, 11) is 0. The zero-order valence-electron chi connectivity index (χ0n) is 10.4. The van der Waals surface area contributed by atoms with Crippen molar-refractivity contribution in [1.82, 2.24) is 4.90 Å². The first-order valence-corrected chi connectivity index (χ1v) is 6.78. The van der Waals surface area contributed by atoms with Crippen molar-refractivity contribution in [2.45, 2.75) is 49.9 Å². The molecule has 1 aliphatic carbocycles. The maximum atomic E-state index is 5.86. The van der Waals surface area contributed by atoms with Gasteiger partial charge in [0.05, 0.1) is 31.0 Å². The summed E-state index contributed by atoms with van der Waals surface area (Å²) in [6, 6.07) is 0. The Kier molecular flexibility index (Phi) is 3.12. The minimum atomic E-state index is -0.0177. The van der Waals surface area contributed by atoms with E-state index in [4.69, 9.17) is 15.9 Å². The molecule has 0 spiro atoms. The Hall–Kier alpha value is -0.560. The van der Waals surface area contributed by atoms with Crippen LogP contribution >= 0.6 is 0 Å². The summed E-state index contributed by atoms with van der Waals surface area (Å²) in [4.78, 5) is 2.47. The number of nitrogens with zero attached hydrogens (tertiary/aromatic N) is 1. The SMILES string of the molecule is C#CC1(N(CC2CO2)CC2CO2)CCCCC1. The fraction of sp³-hybridized carbons (Fsp3) is 0.857. The molecule has 2 heterocycles. The van der Waals surface area contributed by atoms with Gasteiger partial charge in [-0.05, 0) is 12.8 Å². The van der Waals surface area contributed by atoms with Crippen LogP contribution in [0.4, 0.5) is 0 Å². The van der Waals surface area contributed by atoms with E-state index in [1.165, 1.54) is 19.3 Å². The third-order valence-corrected chi connectivity index (χ3v) is 4.21. The van der Waals surface area contributed by atoms with Crippen molar-refractivity contribution in [1.29, 1.82) is 0 Å². The molecule has 1 saturated carbocycles.